The molecule has 1 aliphatic carbocycles. The van der Waals surface area contributed by atoms with Gasteiger partial charge < -0.3 is 9.47 Å². The van der Waals surface area contributed by atoms with Crippen LogP contribution in [-0.2, 0) is 20.1 Å². The lowest BCUT2D eigenvalue weighted by molar-refractivity contribution is -0.383. The molecule has 0 radical (unpaired) electrons. The minimum absolute atomic E-state index is 0.169. The summed E-state index contributed by atoms with van der Waals surface area (Å²) < 4.78 is 10.3. The van der Waals surface area contributed by atoms with Crippen molar-refractivity contribution in [2.24, 2.45) is 0 Å². The first kappa shape index (κ1) is 16.2. The van der Waals surface area contributed by atoms with E-state index in [1.54, 1.807) is 48.5 Å². The van der Waals surface area contributed by atoms with E-state index in [9.17, 15) is 14.8 Å². The summed E-state index contributed by atoms with van der Waals surface area (Å²) >= 11 is 0. The number of benzene rings is 2. The second kappa shape index (κ2) is 6.43. The van der Waals surface area contributed by atoms with Crippen LogP contribution in [0.5, 0.6) is 0 Å². The Bertz CT molecular complexity index is 733. The average molecular weight is 328 g/mol. The molecule has 2 aromatic carbocycles. The first-order valence-corrected chi connectivity index (χ1v) is 7.56. The Hall–Kier alpha value is -2.70. The lowest BCUT2D eigenvalue weighted by Crippen LogP contribution is -2.41. The fourth-order valence-corrected chi connectivity index (χ4v) is 2.79. The molecule has 1 aliphatic rings. The highest BCUT2D eigenvalue weighted by Crippen LogP contribution is 2.43. The third kappa shape index (κ3) is 2.46. The summed E-state index contributed by atoms with van der Waals surface area (Å²) in [5.74, 6) is -2.19. The molecule has 6 nitrogen and oxygen atoms in total. The van der Waals surface area contributed by atoms with Gasteiger partial charge >= 0.3 is 11.9 Å². The maximum Gasteiger partial charge on any atom is 0.511 e. The molecule has 0 unspecified atom stereocenters. The minimum atomic E-state index is -1.95. The third-order valence-electron chi connectivity index (χ3n) is 3.83. The highest BCUT2D eigenvalue weighted by Gasteiger charge is 2.49. The number of fused-ring (bicyclic) bond motifs is 2. The fourth-order valence-electron chi connectivity index (χ4n) is 2.79. The van der Waals surface area contributed by atoms with Gasteiger partial charge in [-0.15, -0.1) is 0 Å². The molecule has 24 heavy (non-hydrogen) atoms. The lowest BCUT2D eigenvalue weighted by Gasteiger charge is -2.35. The topological polar surface area (TPSA) is 82.1 Å². The van der Waals surface area contributed by atoms with E-state index < -0.39 is 11.9 Å². The van der Waals surface area contributed by atoms with Crippen LogP contribution in [0, 0.1) is 0 Å². The highest BCUT2D eigenvalue weighted by atomic mass is 17.2. The van der Waals surface area contributed by atoms with Gasteiger partial charge in [-0.3, -0.25) is 4.79 Å². The molecule has 3 rings (SSSR count). The van der Waals surface area contributed by atoms with Gasteiger partial charge in [0.25, 0.3) is 0 Å². The van der Waals surface area contributed by atoms with Gasteiger partial charge in [-0.25, -0.2) is 10.1 Å². The van der Waals surface area contributed by atoms with E-state index >= 15 is 0 Å². The molecule has 0 heterocycles. The van der Waals surface area contributed by atoms with Crippen LogP contribution in [0.1, 0.15) is 40.4 Å². The van der Waals surface area contributed by atoms with Crippen LogP contribution >= 0.6 is 0 Å². The SMILES string of the molecule is CCCOC(=O)OC1(OO)c2ccccc2C(=O)c2ccccc21. The maximum atomic E-state index is 12.7. The van der Waals surface area contributed by atoms with Crippen molar-refractivity contribution in [1.29, 1.82) is 0 Å². The predicted molar refractivity (Wildman–Crippen MR) is 83.5 cm³/mol. The summed E-state index contributed by atoms with van der Waals surface area (Å²) in [7, 11) is 0. The van der Waals surface area contributed by atoms with Crippen molar-refractivity contribution in [3.05, 3.63) is 70.8 Å². The molecule has 0 saturated carbocycles. The van der Waals surface area contributed by atoms with E-state index in [2.05, 4.69) is 4.89 Å². The molecule has 0 spiro atoms. The molecule has 0 aliphatic heterocycles. The summed E-state index contributed by atoms with van der Waals surface area (Å²) in [5.41, 5.74) is 1.05. The van der Waals surface area contributed by atoms with E-state index in [1.807, 2.05) is 6.92 Å². The summed E-state index contributed by atoms with van der Waals surface area (Å²) in [6, 6.07) is 13.0. The summed E-state index contributed by atoms with van der Waals surface area (Å²) in [6.45, 7) is 2.01. The third-order valence-corrected chi connectivity index (χ3v) is 3.83. The highest BCUT2D eigenvalue weighted by molar-refractivity contribution is 6.13. The van der Waals surface area contributed by atoms with Crippen molar-refractivity contribution < 1.29 is 29.2 Å². The van der Waals surface area contributed by atoms with Gasteiger partial charge in [0.2, 0.25) is 0 Å². The summed E-state index contributed by atoms with van der Waals surface area (Å²) in [5, 5.41) is 9.65. The Kier molecular flexibility index (Phi) is 4.33. The molecule has 0 atom stereocenters. The van der Waals surface area contributed by atoms with Crippen LogP contribution in [0.3, 0.4) is 0 Å². The number of hydrogen-bond acceptors (Lipinski definition) is 6. The fraction of sp³-hybridized carbons (Fsp3) is 0.222. The first-order chi connectivity index (χ1) is 11.6. The second-order valence-corrected chi connectivity index (χ2v) is 5.33. The Morgan fingerprint density at radius 1 is 1.04 bits per heavy atom. The van der Waals surface area contributed by atoms with Crippen molar-refractivity contribution in [1.82, 2.24) is 0 Å². The van der Waals surface area contributed by atoms with Gasteiger partial charge in [0.15, 0.2) is 5.78 Å². The molecule has 0 amide bonds. The molecule has 0 aromatic heterocycles. The zero-order valence-electron chi connectivity index (χ0n) is 13.0. The van der Waals surface area contributed by atoms with Gasteiger partial charge in [0.1, 0.15) is 0 Å². The predicted octanol–water partition coefficient (Wildman–Crippen LogP) is 3.48. The van der Waals surface area contributed by atoms with Crippen LogP contribution < -0.4 is 0 Å². The van der Waals surface area contributed by atoms with E-state index in [4.69, 9.17) is 9.47 Å². The molecular weight excluding hydrogens is 312 g/mol. The van der Waals surface area contributed by atoms with Gasteiger partial charge in [0, 0.05) is 22.3 Å². The smallest absolute Gasteiger partial charge is 0.434 e. The standard InChI is InChI=1S/C18H16O6/c1-2-11-22-17(20)23-18(24-21)14-9-5-3-7-12(14)16(19)13-8-4-6-10-15(13)18/h3-10,21H,2,11H2,1H3. The van der Waals surface area contributed by atoms with E-state index in [1.165, 1.54) is 0 Å². The van der Waals surface area contributed by atoms with Gasteiger partial charge in [0.05, 0.1) is 6.61 Å². The monoisotopic (exact) mass is 328 g/mol. The first-order valence-electron chi connectivity index (χ1n) is 7.56. The van der Waals surface area contributed by atoms with E-state index in [-0.39, 0.29) is 34.6 Å². The molecular formula is C18H16O6. The van der Waals surface area contributed by atoms with Gasteiger partial charge in [-0.2, -0.15) is 4.89 Å². The maximum absolute atomic E-state index is 12.7. The minimum Gasteiger partial charge on any atom is -0.434 e. The molecule has 1 N–H and O–H groups in total. The normalized spacial score (nSPS) is 14.5. The van der Waals surface area contributed by atoms with E-state index in [0.29, 0.717) is 6.42 Å². The number of ketones is 1. The zero-order valence-corrected chi connectivity index (χ0v) is 13.0. The van der Waals surface area contributed by atoms with E-state index in [0.717, 1.165) is 0 Å². The molecule has 0 fully saturated rings. The number of rotatable bonds is 4. The Morgan fingerprint density at radius 2 is 1.58 bits per heavy atom. The second-order valence-electron chi connectivity index (χ2n) is 5.33. The van der Waals surface area contributed by atoms with Crippen LogP contribution in [0.2, 0.25) is 0 Å². The Balaban J connectivity index is 2.16. The quantitative estimate of drug-likeness (QED) is 0.400. The summed E-state index contributed by atoms with van der Waals surface area (Å²) in [6.07, 6.45) is -0.377. The van der Waals surface area contributed by atoms with Crippen LogP contribution in [0.15, 0.2) is 48.5 Å². The Labute approximate surface area is 138 Å². The van der Waals surface area contributed by atoms with Crippen molar-refractivity contribution in [2.75, 3.05) is 6.61 Å². The van der Waals surface area contributed by atoms with Crippen LogP contribution in [0.25, 0.3) is 0 Å². The zero-order chi connectivity index (χ0) is 17.2. The number of hydrogen-bond donors (Lipinski definition) is 1. The molecule has 6 heteroatoms. The van der Waals surface area contributed by atoms with Crippen LogP contribution in [0.4, 0.5) is 4.79 Å². The number of carbonyl (C=O) groups is 2. The van der Waals surface area contributed by atoms with Gasteiger partial charge in [-0.05, 0) is 6.42 Å². The molecule has 124 valence electrons. The Morgan fingerprint density at radius 3 is 2.08 bits per heavy atom. The van der Waals surface area contributed by atoms with Crippen molar-refractivity contribution >= 4 is 11.9 Å². The molecule has 0 bridgehead atoms. The van der Waals surface area contributed by atoms with Crippen molar-refractivity contribution in [2.45, 2.75) is 19.1 Å². The molecule has 0 saturated heterocycles. The van der Waals surface area contributed by atoms with Crippen LogP contribution in [-0.4, -0.2) is 23.8 Å². The van der Waals surface area contributed by atoms with Crippen molar-refractivity contribution in [3.8, 4) is 0 Å². The average Bonchev–Trinajstić information content (AvgIpc) is 2.63. The number of ether oxygens (including phenoxy) is 2. The van der Waals surface area contributed by atoms with Gasteiger partial charge in [-0.1, -0.05) is 55.5 Å². The largest absolute Gasteiger partial charge is 0.511 e. The lowest BCUT2D eigenvalue weighted by atomic mass is 9.80. The van der Waals surface area contributed by atoms with Crippen molar-refractivity contribution in [3.63, 3.8) is 0 Å². The molecule has 2 aromatic rings. The summed E-state index contributed by atoms with van der Waals surface area (Å²) in [4.78, 5) is 29.3. The number of carbonyl (C=O) groups excluding carboxylic acids is 2.